The van der Waals surface area contributed by atoms with Crippen LogP contribution in [0.4, 0.5) is 0 Å². The van der Waals surface area contributed by atoms with Crippen LogP contribution in [0.15, 0.2) is 30.6 Å². The Bertz CT molecular complexity index is 1130. The fourth-order valence-electron chi connectivity index (χ4n) is 3.80. The molecule has 4 aromatic heterocycles. The molecule has 0 spiro atoms. The summed E-state index contributed by atoms with van der Waals surface area (Å²) in [4.78, 5) is 15.0. The molecule has 0 saturated heterocycles. The lowest BCUT2D eigenvalue weighted by molar-refractivity contribution is 0.638. The Morgan fingerprint density at radius 1 is 1.00 bits per heavy atom. The molecule has 0 saturated carbocycles. The minimum atomic E-state index is 0. The average Bonchev–Trinajstić information content (AvgIpc) is 3.22. The first kappa shape index (κ1) is 21.4. The molecule has 0 fully saturated rings. The number of hydrogen-bond acceptors (Lipinski definition) is 5. The van der Waals surface area contributed by atoms with E-state index in [4.69, 9.17) is 15.1 Å². The minimum Gasteiger partial charge on any atom is -0.265 e. The molecule has 7 heteroatoms. The van der Waals surface area contributed by atoms with Crippen LogP contribution < -0.4 is 0 Å². The minimum absolute atomic E-state index is 0. The van der Waals surface area contributed by atoms with E-state index in [0.717, 1.165) is 56.7 Å². The Balaban J connectivity index is 0.00000240. The lowest BCUT2D eigenvalue weighted by atomic mass is 9.95. The molecule has 0 N–H and O–H groups in total. The molecule has 0 unspecified atom stereocenters. The van der Waals surface area contributed by atoms with Gasteiger partial charge in [0.25, 0.3) is 0 Å². The molecule has 0 radical (unpaired) electrons. The average molecular weight is 428 g/mol. The van der Waals surface area contributed by atoms with E-state index in [9.17, 15) is 0 Å². The number of imidazole rings is 1. The van der Waals surface area contributed by atoms with Crippen LogP contribution in [0, 0.1) is 20.8 Å². The predicted molar refractivity (Wildman–Crippen MR) is 122 cm³/mol. The van der Waals surface area contributed by atoms with E-state index < -0.39 is 0 Å². The fourth-order valence-corrected chi connectivity index (χ4v) is 4.96. The molecule has 4 aromatic rings. The second-order valence-corrected chi connectivity index (χ2v) is 8.20. The maximum atomic E-state index is 4.94. The van der Waals surface area contributed by atoms with Gasteiger partial charge in [-0.15, -0.1) is 23.7 Å². The third-order valence-corrected chi connectivity index (χ3v) is 6.49. The number of aryl methyl sites for hydroxylation is 3. The summed E-state index contributed by atoms with van der Waals surface area (Å²) in [5.74, 6) is 0.494. The van der Waals surface area contributed by atoms with Crippen molar-refractivity contribution in [3.05, 3.63) is 53.2 Å². The van der Waals surface area contributed by atoms with Gasteiger partial charge in [0.05, 0.1) is 22.0 Å². The van der Waals surface area contributed by atoms with Crippen molar-refractivity contribution < 1.29 is 0 Å². The first-order chi connectivity index (χ1) is 13.5. The van der Waals surface area contributed by atoms with Gasteiger partial charge in [0.2, 0.25) is 0 Å². The van der Waals surface area contributed by atoms with Gasteiger partial charge in [0, 0.05) is 23.5 Å². The van der Waals surface area contributed by atoms with Crippen LogP contribution in [-0.4, -0.2) is 24.6 Å². The van der Waals surface area contributed by atoms with Crippen LogP contribution in [0.1, 0.15) is 55.3 Å². The normalized spacial score (nSPS) is 11.2. The molecule has 5 nitrogen and oxygen atoms in total. The third kappa shape index (κ3) is 3.79. The zero-order valence-corrected chi connectivity index (χ0v) is 19.1. The molecular formula is C22H26ClN5S. The van der Waals surface area contributed by atoms with E-state index in [2.05, 4.69) is 45.7 Å². The molecule has 152 valence electrons. The summed E-state index contributed by atoms with van der Waals surface area (Å²) in [6.07, 6.45) is 5.81. The maximum Gasteiger partial charge on any atom is 0.158 e. The zero-order valence-electron chi connectivity index (χ0n) is 17.4. The van der Waals surface area contributed by atoms with Crippen LogP contribution in [0.3, 0.4) is 0 Å². The van der Waals surface area contributed by atoms with E-state index in [-0.39, 0.29) is 12.4 Å². The topological polar surface area (TPSA) is 56.0 Å². The first-order valence-corrected chi connectivity index (χ1v) is 10.6. The van der Waals surface area contributed by atoms with E-state index in [1.54, 1.807) is 23.7 Å². The summed E-state index contributed by atoms with van der Waals surface area (Å²) >= 11 is 1.69. The van der Waals surface area contributed by atoms with Crippen molar-refractivity contribution in [3.8, 4) is 21.1 Å². The van der Waals surface area contributed by atoms with E-state index in [1.165, 1.54) is 5.56 Å². The summed E-state index contributed by atoms with van der Waals surface area (Å²) in [6.45, 7) is 10.7. The summed E-state index contributed by atoms with van der Waals surface area (Å²) < 4.78 is 2.04. The van der Waals surface area contributed by atoms with Crippen LogP contribution in [-0.2, 0) is 0 Å². The molecule has 0 aliphatic heterocycles. The Hall–Kier alpha value is -2.31. The van der Waals surface area contributed by atoms with Crippen molar-refractivity contribution in [2.75, 3.05) is 0 Å². The molecule has 0 aromatic carbocycles. The summed E-state index contributed by atoms with van der Waals surface area (Å²) in [5.41, 5.74) is 7.44. The lowest BCUT2D eigenvalue weighted by Gasteiger charge is -2.14. The van der Waals surface area contributed by atoms with E-state index in [0.29, 0.717) is 5.92 Å². The molecule has 0 aliphatic rings. The largest absolute Gasteiger partial charge is 0.265 e. The number of pyridine rings is 1. The van der Waals surface area contributed by atoms with E-state index >= 15 is 0 Å². The number of hydrogen-bond donors (Lipinski definition) is 0. The van der Waals surface area contributed by atoms with Gasteiger partial charge in [-0.1, -0.05) is 13.8 Å². The number of halogens is 1. The van der Waals surface area contributed by atoms with Crippen LogP contribution >= 0.6 is 23.7 Å². The quantitative estimate of drug-likeness (QED) is 0.382. The Kier molecular flexibility index (Phi) is 6.34. The van der Waals surface area contributed by atoms with Crippen LogP contribution in [0.2, 0.25) is 0 Å². The SMILES string of the molecule is CCC(CC)c1cc(C)nn2c(-c3sc(-c4ccncc4)nc3C)c(C)nc12.Cl. The van der Waals surface area contributed by atoms with Gasteiger partial charge in [-0.3, -0.25) is 4.98 Å². The number of rotatable bonds is 5. The van der Waals surface area contributed by atoms with Gasteiger partial charge >= 0.3 is 0 Å². The van der Waals surface area contributed by atoms with Gasteiger partial charge in [0.1, 0.15) is 10.7 Å². The predicted octanol–water partition coefficient (Wildman–Crippen LogP) is 6.17. The molecule has 29 heavy (non-hydrogen) atoms. The molecular weight excluding hydrogens is 402 g/mol. The van der Waals surface area contributed by atoms with E-state index in [1.807, 2.05) is 16.6 Å². The van der Waals surface area contributed by atoms with Crippen molar-refractivity contribution >= 4 is 29.4 Å². The Morgan fingerprint density at radius 2 is 1.69 bits per heavy atom. The first-order valence-electron chi connectivity index (χ1n) is 9.78. The van der Waals surface area contributed by atoms with Crippen molar-refractivity contribution in [1.82, 2.24) is 24.6 Å². The third-order valence-electron chi connectivity index (χ3n) is 5.27. The molecule has 0 atom stereocenters. The van der Waals surface area contributed by atoms with Gasteiger partial charge in [-0.2, -0.15) is 5.10 Å². The zero-order chi connectivity index (χ0) is 19.8. The van der Waals surface area contributed by atoms with Gasteiger partial charge in [-0.25, -0.2) is 14.5 Å². The highest BCUT2D eigenvalue weighted by Gasteiger charge is 2.22. The molecule has 4 heterocycles. The van der Waals surface area contributed by atoms with Crippen molar-refractivity contribution in [2.45, 2.75) is 53.4 Å². The standard InChI is InChI=1S/C22H25N5S.ClH/c1-6-16(7-2)18-12-13(3)26-27-19(14(4)24-21(18)27)20-15(5)25-22(28-20)17-8-10-23-11-9-17;/h8-12,16H,6-7H2,1-5H3;1H. The van der Waals surface area contributed by atoms with Crippen molar-refractivity contribution in [2.24, 2.45) is 0 Å². The van der Waals surface area contributed by atoms with Gasteiger partial charge < -0.3 is 0 Å². The smallest absolute Gasteiger partial charge is 0.158 e. The number of aromatic nitrogens is 5. The molecule has 4 rings (SSSR count). The van der Waals surface area contributed by atoms with Gasteiger partial charge in [-0.05, 0) is 57.7 Å². The van der Waals surface area contributed by atoms with Crippen LogP contribution in [0.5, 0.6) is 0 Å². The van der Waals surface area contributed by atoms with Crippen LogP contribution in [0.25, 0.3) is 26.8 Å². The molecule has 0 aliphatic carbocycles. The number of nitrogens with zero attached hydrogens (tertiary/aromatic N) is 5. The molecule has 0 bridgehead atoms. The summed E-state index contributed by atoms with van der Waals surface area (Å²) in [5, 5.41) is 5.83. The summed E-state index contributed by atoms with van der Waals surface area (Å²) in [7, 11) is 0. The second kappa shape index (κ2) is 8.59. The van der Waals surface area contributed by atoms with Crippen molar-refractivity contribution in [3.63, 3.8) is 0 Å². The highest BCUT2D eigenvalue weighted by molar-refractivity contribution is 7.18. The second-order valence-electron chi connectivity index (χ2n) is 7.21. The van der Waals surface area contributed by atoms with Gasteiger partial charge in [0.15, 0.2) is 5.65 Å². The number of fused-ring (bicyclic) bond motifs is 1. The highest BCUT2D eigenvalue weighted by atomic mass is 35.5. The Labute approximate surface area is 181 Å². The number of thiazole rings is 1. The lowest BCUT2D eigenvalue weighted by Crippen LogP contribution is -2.05. The monoisotopic (exact) mass is 427 g/mol. The fraction of sp³-hybridized carbons (Fsp3) is 0.364. The Morgan fingerprint density at radius 3 is 2.34 bits per heavy atom. The van der Waals surface area contributed by atoms with Crippen molar-refractivity contribution in [1.29, 1.82) is 0 Å². The maximum absolute atomic E-state index is 4.94. The molecule has 0 amide bonds. The summed E-state index contributed by atoms with van der Waals surface area (Å²) in [6, 6.07) is 6.19. The highest BCUT2D eigenvalue weighted by Crippen LogP contribution is 2.38.